The van der Waals surface area contributed by atoms with Gasteiger partial charge in [-0.15, -0.1) is 0 Å². The summed E-state index contributed by atoms with van der Waals surface area (Å²) in [6.45, 7) is 3.44. The zero-order chi connectivity index (χ0) is 23.7. The van der Waals surface area contributed by atoms with E-state index < -0.39 is 35.0 Å². The smallest absolute Gasteiger partial charge is 0.266 e. The van der Waals surface area contributed by atoms with Crippen LogP contribution in [0.25, 0.3) is 16.5 Å². The fourth-order valence-electron chi connectivity index (χ4n) is 4.00. The van der Waals surface area contributed by atoms with Crippen LogP contribution in [0.3, 0.4) is 0 Å². The molecule has 0 radical (unpaired) electrons. The normalized spacial score (nSPS) is 17.2. The maximum Gasteiger partial charge on any atom is 0.266 e. The minimum Gasteiger partial charge on any atom is -0.616 e. The number of methoxy groups -OCH3 is 1. The molecule has 0 saturated carbocycles. The minimum atomic E-state index is -2.90. The molecule has 0 aliphatic carbocycles. The first-order valence-corrected chi connectivity index (χ1v) is 12.0. The third-order valence-corrected chi connectivity index (χ3v) is 6.90. The fourth-order valence-corrected chi connectivity index (χ4v) is 5.01. The van der Waals surface area contributed by atoms with Crippen molar-refractivity contribution in [1.29, 1.82) is 0 Å². The Morgan fingerprint density at radius 2 is 1.94 bits per heavy atom. The zero-order valence-electron chi connectivity index (χ0n) is 18.5. The van der Waals surface area contributed by atoms with Gasteiger partial charge in [-0.3, -0.25) is 0 Å². The summed E-state index contributed by atoms with van der Waals surface area (Å²) in [4.78, 5) is 9.01. The molecule has 33 heavy (non-hydrogen) atoms. The SMILES string of the molecule is COc1cc2nc(C)nc(N[C@H](C)c3cccc(C(F)F)c3F)c2cc1C1=CC[S+]([O-])CC1. The summed E-state index contributed by atoms with van der Waals surface area (Å²) >= 11 is -0.858. The van der Waals surface area contributed by atoms with E-state index in [2.05, 4.69) is 15.3 Å². The van der Waals surface area contributed by atoms with E-state index in [1.807, 2.05) is 18.2 Å². The molecule has 5 nitrogen and oxygen atoms in total. The van der Waals surface area contributed by atoms with E-state index in [9.17, 15) is 17.7 Å². The molecule has 9 heteroatoms. The highest BCUT2D eigenvalue weighted by atomic mass is 32.2. The molecule has 0 saturated heterocycles. The molecule has 3 aromatic rings. The van der Waals surface area contributed by atoms with Gasteiger partial charge in [0.25, 0.3) is 6.43 Å². The summed E-state index contributed by atoms with van der Waals surface area (Å²) in [5.41, 5.74) is 2.03. The topological polar surface area (TPSA) is 70.1 Å². The Morgan fingerprint density at radius 3 is 2.61 bits per heavy atom. The van der Waals surface area contributed by atoms with Gasteiger partial charge in [-0.2, -0.15) is 0 Å². The number of anilines is 1. The molecular formula is C24H24F3N3O2S. The lowest BCUT2D eigenvalue weighted by atomic mass is 9.99. The van der Waals surface area contributed by atoms with E-state index in [0.717, 1.165) is 17.2 Å². The van der Waals surface area contributed by atoms with Gasteiger partial charge in [-0.25, -0.2) is 23.1 Å². The molecule has 0 amide bonds. The third kappa shape index (κ3) is 4.79. The molecule has 2 aromatic carbocycles. The number of aromatic nitrogens is 2. The zero-order valence-corrected chi connectivity index (χ0v) is 19.3. The second kappa shape index (κ2) is 9.61. The van der Waals surface area contributed by atoms with Gasteiger partial charge in [0, 0.05) is 29.0 Å². The van der Waals surface area contributed by atoms with Crippen LogP contribution in [0.1, 0.15) is 48.3 Å². The number of allylic oxidation sites excluding steroid dienone is 1. The Kier molecular flexibility index (Phi) is 6.81. The van der Waals surface area contributed by atoms with E-state index in [0.29, 0.717) is 46.2 Å². The maximum absolute atomic E-state index is 14.7. The van der Waals surface area contributed by atoms with Crippen LogP contribution in [0.4, 0.5) is 19.0 Å². The highest BCUT2D eigenvalue weighted by molar-refractivity contribution is 7.91. The minimum absolute atomic E-state index is 0.128. The number of hydrogen-bond donors (Lipinski definition) is 1. The lowest BCUT2D eigenvalue weighted by molar-refractivity contribution is 0.146. The Morgan fingerprint density at radius 1 is 1.18 bits per heavy atom. The van der Waals surface area contributed by atoms with Crippen molar-refractivity contribution in [3.63, 3.8) is 0 Å². The van der Waals surface area contributed by atoms with Gasteiger partial charge in [0.05, 0.1) is 24.2 Å². The summed E-state index contributed by atoms with van der Waals surface area (Å²) in [6.07, 6.45) is -0.280. The Hall–Kier alpha value is -2.78. The van der Waals surface area contributed by atoms with Crippen LogP contribution in [0.15, 0.2) is 36.4 Å². The van der Waals surface area contributed by atoms with E-state index in [1.165, 1.54) is 12.1 Å². The highest BCUT2D eigenvalue weighted by Gasteiger charge is 2.22. The van der Waals surface area contributed by atoms with Gasteiger partial charge in [0.1, 0.15) is 34.7 Å². The van der Waals surface area contributed by atoms with Crippen molar-refractivity contribution in [3.05, 3.63) is 64.7 Å². The molecule has 2 heterocycles. The lowest BCUT2D eigenvalue weighted by Crippen LogP contribution is -2.15. The van der Waals surface area contributed by atoms with Gasteiger partial charge in [-0.05, 0) is 42.7 Å². The van der Waals surface area contributed by atoms with Crippen molar-refractivity contribution >= 4 is 33.5 Å². The average Bonchev–Trinajstić information content (AvgIpc) is 2.78. The number of nitrogens with one attached hydrogen (secondary N) is 1. The third-order valence-electron chi connectivity index (χ3n) is 5.70. The van der Waals surface area contributed by atoms with Gasteiger partial charge in [0.15, 0.2) is 0 Å². The second-order valence-electron chi connectivity index (χ2n) is 7.90. The molecular weight excluding hydrogens is 451 g/mol. The molecule has 1 N–H and O–H groups in total. The first-order valence-electron chi connectivity index (χ1n) is 10.5. The Bertz CT molecular complexity index is 1220. The number of alkyl halides is 2. The monoisotopic (exact) mass is 475 g/mol. The van der Waals surface area contributed by atoms with Crippen molar-refractivity contribution in [1.82, 2.24) is 9.97 Å². The van der Waals surface area contributed by atoms with Crippen LogP contribution in [0.2, 0.25) is 0 Å². The molecule has 2 atom stereocenters. The number of hydrogen-bond acceptors (Lipinski definition) is 5. The second-order valence-corrected chi connectivity index (χ2v) is 9.52. The number of fused-ring (bicyclic) bond motifs is 1. The predicted octanol–water partition coefficient (Wildman–Crippen LogP) is 5.73. The molecule has 4 rings (SSSR count). The largest absolute Gasteiger partial charge is 0.616 e. The van der Waals surface area contributed by atoms with Gasteiger partial charge in [-0.1, -0.05) is 18.2 Å². The first-order chi connectivity index (χ1) is 15.8. The van der Waals surface area contributed by atoms with Crippen LogP contribution in [0, 0.1) is 12.7 Å². The molecule has 1 aliphatic heterocycles. The summed E-state index contributed by atoms with van der Waals surface area (Å²) in [5.74, 6) is 1.76. The van der Waals surface area contributed by atoms with Gasteiger partial charge < -0.3 is 14.6 Å². The number of benzene rings is 2. The summed E-state index contributed by atoms with van der Waals surface area (Å²) < 4.78 is 58.4. The van der Waals surface area contributed by atoms with E-state index in [1.54, 1.807) is 21.0 Å². The number of ether oxygens (including phenoxy) is 1. The fraction of sp³-hybridized carbons (Fsp3) is 0.333. The average molecular weight is 476 g/mol. The highest BCUT2D eigenvalue weighted by Crippen LogP contribution is 2.37. The number of rotatable bonds is 6. The van der Waals surface area contributed by atoms with E-state index >= 15 is 0 Å². The van der Waals surface area contributed by atoms with Crippen LogP contribution in [-0.4, -0.2) is 33.1 Å². The molecule has 0 spiro atoms. The predicted molar refractivity (Wildman–Crippen MR) is 125 cm³/mol. The number of nitrogens with zero attached hydrogens (tertiary/aromatic N) is 2. The summed E-state index contributed by atoms with van der Waals surface area (Å²) in [6, 6.07) is 7.10. The molecule has 1 aliphatic rings. The van der Waals surface area contributed by atoms with Crippen molar-refractivity contribution < 1.29 is 22.5 Å². The Balaban J connectivity index is 1.78. The number of aryl methyl sites for hydroxylation is 1. The van der Waals surface area contributed by atoms with Crippen LogP contribution in [0.5, 0.6) is 5.75 Å². The maximum atomic E-state index is 14.7. The molecule has 174 valence electrons. The number of halogens is 3. The Labute approximate surface area is 193 Å². The first kappa shape index (κ1) is 23.4. The van der Waals surface area contributed by atoms with Crippen molar-refractivity contribution in [2.75, 3.05) is 23.9 Å². The molecule has 1 unspecified atom stereocenters. The molecule has 0 fully saturated rings. The summed E-state index contributed by atoms with van der Waals surface area (Å²) in [7, 11) is 1.58. The van der Waals surface area contributed by atoms with Gasteiger partial charge in [0.2, 0.25) is 0 Å². The van der Waals surface area contributed by atoms with E-state index in [4.69, 9.17) is 4.74 Å². The van der Waals surface area contributed by atoms with Crippen LogP contribution in [-0.2, 0) is 11.2 Å². The van der Waals surface area contributed by atoms with Crippen molar-refractivity contribution in [2.45, 2.75) is 32.7 Å². The molecule has 1 aromatic heterocycles. The van der Waals surface area contributed by atoms with Crippen molar-refractivity contribution in [2.24, 2.45) is 0 Å². The van der Waals surface area contributed by atoms with Gasteiger partial charge >= 0.3 is 0 Å². The quantitative estimate of drug-likeness (QED) is 0.461. The standard InChI is InChI=1S/C24H24F3N3O2S/c1-13(16-5-4-6-17(22(16)25)23(26)27)28-24-19-11-18(15-7-9-33(31)10-8-15)21(32-3)12-20(19)29-14(2)30-24/h4-7,11-13,23H,8-10H2,1-3H3,(H,28,29,30)/t13-,33?/m1/s1. The van der Waals surface area contributed by atoms with Crippen molar-refractivity contribution in [3.8, 4) is 5.75 Å². The van der Waals surface area contributed by atoms with Crippen LogP contribution < -0.4 is 10.1 Å². The van der Waals surface area contributed by atoms with Crippen LogP contribution >= 0.6 is 0 Å². The lowest BCUT2D eigenvalue weighted by Gasteiger charge is -2.21. The molecule has 0 bridgehead atoms. The summed E-state index contributed by atoms with van der Waals surface area (Å²) in [5, 5.41) is 3.87. The van der Waals surface area contributed by atoms with E-state index in [-0.39, 0.29) is 5.56 Å².